The average Bonchev–Trinajstić information content (AvgIpc) is 3.54. The molecule has 4 heteroatoms. The summed E-state index contributed by atoms with van der Waals surface area (Å²) in [5.41, 5.74) is 15.9. The largest absolute Gasteiger partial charge is 0.405 e. The van der Waals surface area contributed by atoms with E-state index in [1.54, 1.807) is 6.08 Å². The van der Waals surface area contributed by atoms with Crippen molar-refractivity contribution in [3.63, 3.8) is 0 Å². The first-order chi connectivity index (χ1) is 20.6. The number of likely N-dealkylation sites (N-methyl/N-ethyl adjacent to an activating group) is 1. The van der Waals surface area contributed by atoms with Gasteiger partial charge in [0.15, 0.2) is 0 Å². The molecular weight excluding hydrogens is 512 g/mol. The van der Waals surface area contributed by atoms with Crippen LogP contribution in [0.15, 0.2) is 146 Å². The fourth-order valence-corrected chi connectivity index (χ4v) is 5.93. The monoisotopic (exact) mass is 544 g/mol. The molecule has 0 aliphatic carbocycles. The summed E-state index contributed by atoms with van der Waals surface area (Å²) < 4.78 is 2.39. The van der Waals surface area contributed by atoms with E-state index >= 15 is 0 Å². The van der Waals surface area contributed by atoms with Gasteiger partial charge in [-0.25, -0.2) is 0 Å². The highest BCUT2D eigenvalue weighted by molar-refractivity contribution is 6.18. The van der Waals surface area contributed by atoms with Crippen LogP contribution in [0.2, 0.25) is 0 Å². The van der Waals surface area contributed by atoms with E-state index in [1.807, 2.05) is 12.2 Å². The lowest BCUT2D eigenvalue weighted by Gasteiger charge is -2.21. The van der Waals surface area contributed by atoms with Crippen LogP contribution in [0.25, 0.3) is 65.9 Å². The first kappa shape index (κ1) is 25.5. The second kappa shape index (κ2) is 10.5. The third-order valence-electron chi connectivity index (χ3n) is 8.15. The summed E-state index contributed by atoms with van der Waals surface area (Å²) >= 11 is 0. The molecule has 42 heavy (non-hydrogen) atoms. The number of fused-ring (bicyclic) bond motifs is 6. The molecule has 0 fully saturated rings. The minimum atomic E-state index is 0.657. The fraction of sp³-hybridized carbons (Fsp3) is 0.0526. The normalized spacial score (nSPS) is 12.0. The molecule has 2 aromatic heterocycles. The fourth-order valence-electron chi connectivity index (χ4n) is 5.93. The minimum Gasteiger partial charge on any atom is -0.405 e. The Labute approximate surface area is 245 Å². The Morgan fingerprint density at radius 1 is 0.690 bits per heavy atom. The van der Waals surface area contributed by atoms with Crippen molar-refractivity contribution >= 4 is 43.6 Å². The van der Waals surface area contributed by atoms with E-state index in [4.69, 9.17) is 5.73 Å². The van der Waals surface area contributed by atoms with Crippen LogP contribution in [-0.2, 0) is 6.67 Å². The molecule has 0 aliphatic rings. The van der Waals surface area contributed by atoms with Crippen molar-refractivity contribution in [1.82, 2.24) is 14.5 Å². The number of rotatable bonds is 7. The van der Waals surface area contributed by atoms with Crippen LogP contribution >= 0.6 is 0 Å². The van der Waals surface area contributed by atoms with Crippen LogP contribution in [0.3, 0.4) is 0 Å². The maximum atomic E-state index is 5.51. The summed E-state index contributed by atoms with van der Waals surface area (Å²) in [5.74, 6) is 0. The topological polar surface area (TPSA) is 50.0 Å². The van der Waals surface area contributed by atoms with Crippen molar-refractivity contribution < 1.29 is 0 Å². The molecule has 0 saturated heterocycles. The molecule has 7 aromatic rings. The number of aromatic amines is 1. The summed E-state index contributed by atoms with van der Waals surface area (Å²) in [6, 6.07) is 39.3. The number of nitrogens with zero attached hydrogens (tertiary/aromatic N) is 2. The van der Waals surface area contributed by atoms with E-state index in [1.165, 1.54) is 61.0 Å². The zero-order chi connectivity index (χ0) is 28.6. The third-order valence-corrected chi connectivity index (χ3v) is 8.15. The Hall–Kier alpha value is -5.48. The highest BCUT2D eigenvalue weighted by atomic mass is 15.2. The van der Waals surface area contributed by atoms with E-state index in [-0.39, 0.29) is 0 Å². The minimum absolute atomic E-state index is 0.657. The average molecular weight is 545 g/mol. The van der Waals surface area contributed by atoms with Gasteiger partial charge >= 0.3 is 0 Å². The van der Waals surface area contributed by atoms with Gasteiger partial charge in [-0.2, -0.15) is 0 Å². The van der Waals surface area contributed by atoms with Gasteiger partial charge in [0, 0.05) is 45.3 Å². The standard InChI is InChI=1S/C38H32N4/c1-26(11-9-10-20-39)41(2)25-42-37-19-17-30(28-14-7-4-8-15-28)22-33(37)34-23-32-31-21-29(27-12-5-3-6-13-27)16-18-35(31)40-36(32)24-38(34)42/h3-24,40H,1,25,39H2,2H3/b11-9-,20-10-. The molecule has 5 aromatic carbocycles. The van der Waals surface area contributed by atoms with Gasteiger partial charge in [-0.3, -0.25) is 0 Å². The molecule has 0 bridgehead atoms. The van der Waals surface area contributed by atoms with E-state index in [9.17, 15) is 0 Å². The van der Waals surface area contributed by atoms with Crippen molar-refractivity contribution in [2.24, 2.45) is 5.73 Å². The van der Waals surface area contributed by atoms with Crippen LogP contribution in [0.4, 0.5) is 0 Å². The summed E-state index contributed by atoms with van der Waals surface area (Å²) in [5, 5.41) is 4.94. The molecule has 7 rings (SSSR count). The van der Waals surface area contributed by atoms with Crippen LogP contribution in [0.5, 0.6) is 0 Å². The smallest absolute Gasteiger partial charge is 0.0949 e. The zero-order valence-electron chi connectivity index (χ0n) is 23.6. The maximum Gasteiger partial charge on any atom is 0.0949 e. The summed E-state index contributed by atoms with van der Waals surface area (Å²) in [6.45, 7) is 4.93. The SMILES string of the molecule is C=C(/C=C\C=C/N)N(C)Cn1c2ccc(-c3ccccc3)cc2c2cc3c(cc21)[nH]c1ccc(-c2ccccc2)cc13. The molecule has 4 nitrogen and oxygen atoms in total. The van der Waals surface area contributed by atoms with E-state index in [0.29, 0.717) is 6.67 Å². The number of nitrogens with one attached hydrogen (secondary N) is 1. The Morgan fingerprint density at radius 3 is 2.00 bits per heavy atom. The van der Waals surface area contributed by atoms with Gasteiger partial charge in [-0.15, -0.1) is 0 Å². The number of nitrogens with two attached hydrogens (primary N) is 1. The van der Waals surface area contributed by atoms with E-state index in [0.717, 1.165) is 16.7 Å². The third kappa shape index (κ3) is 4.43. The van der Waals surface area contributed by atoms with Gasteiger partial charge < -0.3 is 20.2 Å². The number of hydrogen-bond acceptors (Lipinski definition) is 2. The van der Waals surface area contributed by atoms with Crippen molar-refractivity contribution in [3.05, 3.63) is 146 Å². The van der Waals surface area contributed by atoms with Gasteiger partial charge in [0.25, 0.3) is 0 Å². The molecule has 0 radical (unpaired) electrons. The second-order valence-electron chi connectivity index (χ2n) is 10.8. The second-order valence-corrected chi connectivity index (χ2v) is 10.8. The Bertz CT molecular complexity index is 2140. The Morgan fingerprint density at radius 2 is 1.31 bits per heavy atom. The highest BCUT2D eigenvalue weighted by Gasteiger charge is 2.17. The lowest BCUT2D eigenvalue weighted by Crippen LogP contribution is -2.19. The van der Waals surface area contributed by atoms with Gasteiger partial charge in [-0.1, -0.05) is 85.5 Å². The number of hydrogen-bond donors (Lipinski definition) is 2. The van der Waals surface area contributed by atoms with Gasteiger partial charge in [0.2, 0.25) is 0 Å². The maximum absolute atomic E-state index is 5.51. The Balaban J connectivity index is 1.44. The highest BCUT2D eigenvalue weighted by Crippen LogP contribution is 2.38. The molecular formula is C38H32N4. The quantitative estimate of drug-likeness (QED) is 0.197. The molecule has 0 atom stereocenters. The van der Waals surface area contributed by atoms with Crippen molar-refractivity contribution in [2.75, 3.05) is 7.05 Å². The molecule has 0 aliphatic heterocycles. The van der Waals surface area contributed by atoms with Crippen molar-refractivity contribution in [1.29, 1.82) is 0 Å². The molecule has 0 unspecified atom stereocenters. The van der Waals surface area contributed by atoms with Gasteiger partial charge in [0.05, 0.1) is 17.7 Å². The molecule has 0 amide bonds. The van der Waals surface area contributed by atoms with Crippen LogP contribution in [0, 0.1) is 0 Å². The number of H-pyrrole nitrogens is 1. The molecule has 0 saturated carbocycles. The van der Waals surface area contributed by atoms with Crippen LogP contribution < -0.4 is 5.73 Å². The molecule has 204 valence electrons. The predicted molar refractivity (Wildman–Crippen MR) is 179 cm³/mol. The summed E-state index contributed by atoms with van der Waals surface area (Å²) in [4.78, 5) is 5.85. The van der Waals surface area contributed by atoms with Crippen molar-refractivity contribution in [3.8, 4) is 22.3 Å². The summed E-state index contributed by atoms with van der Waals surface area (Å²) in [6.07, 6.45) is 7.22. The first-order valence-electron chi connectivity index (χ1n) is 14.2. The predicted octanol–water partition coefficient (Wildman–Crippen LogP) is 9.19. The van der Waals surface area contributed by atoms with E-state index < -0.39 is 0 Å². The number of allylic oxidation sites excluding steroid dienone is 3. The van der Waals surface area contributed by atoms with Crippen molar-refractivity contribution in [2.45, 2.75) is 6.67 Å². The Kier molecular flexibility index (Phi) is 6.37. The lowest BCUT2D eigenvalue weighted by atomic mass is 10.0. The number of benzene rings is 5. The van der Waals surface area contributed by atoms with Crippen LogP contribution in [0.1, 0.15) is 0 Å². The molecule has 0 spiro atoms. The lowest BCUT2D eigenvalue weighted by molar-refractivity contribution is 0.358. The number of aromatic nitrogens is 2. The van der Waals surface area contributed by atoms with Crippen LogP contribution in [-0.4, -0.2) is 21.5 Å². The molecule has 2 heterocycles. The first-order valence-corrected chi connectivity index (χ1v) is 14.2. The molecule has 3 N–H and O–H groups in total. The van der Waals surface area contributed by atoms with Gasteiger partial charge in [0.1, 0.15) is 0 Å². The summed E-state index contributed by atoms with van der Waals surface area (Å²) in [7, 11) is 2.07. The van der Waals surface area contributed by atoms with E-state index in [2.05, 4.69) is 137 Å². The zero-order valence-corrected chi connectivity index (χ0v) is 23.6. The van der Waals surface area contributed by atoms with Gasteiger partial charge in [-0.05, 0) is 77.0 Å².